The largest absolute Gasteiger partial charge is 0.466 e. The number of rotatable bonds is 7. The number of hydrogen-bond donors (Lipinski definition) is 0. The van der Waals surface area contributed by atoms with E-state index >= 15 is 4.39 Å². The maximum atomic E-state index is 15.1. The van der Waals surface area contributed by atoms with Gasteiger partial charge in [0.2, 0.25) is 10.9 Å². The molecule has 10 nitrogen and oxygen atoms in total. The lowest BCUT2D eigenvalue weighted by molar-refractivity contribution is 0.130. The van der Waals surface area contributed by atoms with Crippen LogP contribution in [0.15, 0.2) is 33.7 Å². The molecule has 1 saturated heterocycles. The first-order valence-corrected chi connectivity index (χ1v) is 14.4. The summed E-state index contributed by atoms with van der Waals surface area (Å²) in [5, 5.41) is 8.66. The van der Waals surface area contributed by atoms with Gasteiger partial charge in [-0.05, 0) is 49.2 Å². The summed E-state index contributed by atoms with van der Waals surface area (Å²) < 4.78 is 51.0. The Kier molecular flexibility index (Phi) is 6.45. The number of ether oxygens (including phenoxy) is 1. The van der Waals surface area contributed by atoms with Gasteiger partial charge in [0.1, 0.15) is 11.8 Å². The molecule has 1 aliphatic heterocycles. The molecule has 0 unspecified atom stereocenters. The third kappa shape index (κ3) is 4.81. The van der Waals surface area contributed by atoms with E-state index in [2.05, 4.69) is 25.1 Å². The van der Waals surface area contributed by atoms with Crippen molar-refractivity contribution in [3.05, 3.63) is 36.0 Å². The van der Waals surface area contributed by atoms with Gasteiger partial charge >= 0.3 is 6.01 Å². The van der Waals surface area contributed by atoms with Crippen molar-refractivity contribution in [1.29, 1.82) is 0 Å². The van der Waals surface area contributed by atoms with E-state index in [4.69, 9.17) is 9.26 Å². The average molecular weight is 535 g/mol. The van der Waals surface area contributed by atoms with Gasteiger partial charge in [0.05, 0.1) is 4.90 Å². The van der Waals surface area contributed by atoms with E-state index in [1.165, 1.54) is 35.6 Å². The van der Waals surface area contributed by atoms with Crippen LogP contribution < -0.4 is 9.64 Å². The predicted molar refractivity (Wildman–Crippen MR) is 133 cm³/mol. The molecule has 4 aromatic rings. The highest BCUT2D eigenvalue weighted by atomic mass is 32.2. The number of sulfone groups is 1. The number of piperidine rings is 1. The van der Waals surface area contributed by atoms with E-state index in [1.54, 1.807) is 0 Å². The Labute approximate surface area is 212 Å². The molecule has 0 bridgehead atoms. The van der Waals surface area contributed by atoms with Gasteiger partial charge in [-0.15, -0.1) is 5.10 Å². The smallest absolute Gasteiger partial charge is 0.324 e. The molecule has 5 rings (SSSR count). The van der Waals surface area contributed by atoms with Crippen molar-refractivity contribution < 1.29 is 22.1 Å². The second-order valence-corrected chi connectivity index (χ2v) is 12.3. The summed E-state index contributed by atoms with van der Waals surface area (Å²) in [5.41, 5.74) is 0.587. The van der Waals surface area contributed by atoms with Crippen molar-refractivity contribution in [1.82, 2.24) is 24.7 Å². The number of imidazole rings is 1. The molecule has 1 atom stereocenters. The lowest BCUT2D eigenvalue weighted by Gasteiger charge is -2.33. The maximum Gasteiger partial charge on any atom is 0.324 e. The molecule has 192 valence electrons. The predicted octanol–water partition coefficient (Wildman–Crippen LogP) is 4.19. The lowest BCUT2D eigenvalue weighted by atomic mass is 9.92. The van der Waals surface area contributed by atoms with Crippen LogP contribution in [0, 0.1) is 11.9 Å². The van der Waals surface area contributed by atoms with Gasteiger partial charge in [0.25, 0.3) is 5.19 Å². The Morgan fingerprint density at radius 1 is 1.14 bits per heavy atom. The molecule has 0 aliphatic carbocycles. The van der Waals surface area contributed by atoms with Crippen molar-refractivity contribution in [3.8, 4) is 16.5 Å². The van der Waals surface area contributed by atoms with Crippen molar-refractivity contribution in [2.45, 2.75) is 50.5 Å². The minimum Gasteiger partial charge on any atom is -0.466 e. The molecule has 1 aliphatic rings. The number of fused-ring (bicyclic) bond motifs is 1. The van der Waals surface area contributed by atoms with Crippen molar-refractivity contribution >= 4 is 32.1 Å². The molecule has 0 amide bonds. The monoisotopic (exact) mass is 534 g/mol. The molecular weight excluding hydrogens is 507 g/mol. The van der Waals surface area contributed by atoms with Gasteiger partial charge in [-0.2, -0.15) is 13.9 Å². The molecule has 0 N–H and O–H groups in total. The second kappa shape index (κ2) is 9.43. The minimum absolute atomic E-state index is 0.108. The van der Waals surface area contributed by atoms with Gasteiger partial charge in [-0.1, -0.05) is 31.1 Å². The van der Waals surface area contributed by atoms with Crippen LogP contribution in [0.5, 0.6) is 5.19 Å². The van der Waals surface area contributed by atoms with E-state index in [0.29, 0.717) is 33.5 Å². The highest BCUT2D eigenvalue weighted by Gasteiger charge is 2.29. The molecule has 1 fully saturated rings. The van der Waals surface area contributed by atoms with E-state index in [-0.39, 0.29) is 22.6 Å². The first-order valence-electron chi connectivity index (χ1n) is 11.7. The van der Waals surface area contributed by atoms with Crippen LogP contribution >= 0.6 is 11.3 Å². The fourth-order valence-corrected chi connectivity index (χ4v) is 5.66. The summed E-state index contributed by atoms with van der Waals surface area (Å²) in [6.07, 6.45) is 2.81. The van der Waals surface area contributed by atoms with E-state index in [0.717, 1.165) is 36.7 Å². The SMILES string of the molecule is CC(C)c1noc(N2CCC([C@@H](C)Oc3nn4c(F)c(-c5ccc(S(C)(=O)=O)cc5)nc4s3)CC2)n1. The summed E-state index contributed by atoms with van der Waals surface area (Å²) in [4.78, 5) is 11.5. The van der Waals surface area contributed by atoms with Crippen LogP contribution in [0.4, 0.5) is 10.4 Å². The zero-order valence-corrected chi connectivity index (χ0v) is 22.0. The normalized spacial score (nSPS) is 16.2. The third-order valence-electron chi connectivity index (χ3n) is 6.39. The van der Waals surface area contributed by atoms with E-state index in [1.807, 2.05) is 20.8 Å². The molecule has 0 saturated carbocycles. The highest BCUT2D eigenvalue weighted by molar-refractivity contribution is 7.90. The lowest BCUT2D eigenvalue weighted by Crippen LogP contribution is -2.38. The van der Waals surface area contributed by atoms with Crippen molar-refractivity contribution in [2.75, 3.05) is 24.2 Å². The summed E-state index contributed by atoms with van der Waals surface area (Å²) in [6.45, 7) is 7.63. The topological polar surface area (TPSA) is 116 Å². The van der Waals surface area contributed by atoms with Crippen LogP contribution in [0.3, 0.4) is 0 Å². The van der Waals surface area contributed by atoms with Gasteiger partial charge in [0, 0.05) is 30.8 Å². The number of nitrogens with zero attached hydrogens (tertiary/aromatic N) is 6. The van der Waals surface area contributed by atoms with Crippen LogP contribution in [-0.2, 0) is 9.84 Å². The Hall–Kier alpha value is -3.06. The van der Waals surface area contributed by atoms with Crippen LogP contribution in [0.2, 0.25) is 0 Å². The van der Waals surface area contributed by atoms with E-state index < -0.39 is 15.8 Å². The summed E-state index contributed by atoms with van der Waals surface area (Å²) in [7, 11) is -3.33. The minimum atomic E-state index is -3.33. The summed E-state index contributed by atoms with van der Waals surface area (Å²) in [5.74, 6) is 0.608. The number of benzene rings is 1. The highest BCUT2D eigenvalue weighted by Crippen LogP contribution is 2.32. The van der Waals surface area contributed by atoms with Crippen molar-refractivity contribution in [3.63, 3.8) is 0 Å². The Balaban J connectivity index is 1.23. The first kappa shape index (κ1) is 24.6. The standard InChI is InChI=1S/C23H27FN6O4S2/c1-13(2)20-26-21(34-28-20)29-11-9-15(10-12-29)14(3)33-23-27-30-19(24)18(25-22(30)35-23)16-5-7-17(8-6-16)36(4,31)32/h5-8,13-15H,9-12H2,1-4H3/t14-/m1/s1. The molecular formula is C23H27FN6O4S2. The van der Waals surface area contributed by atoms with E-state index in [9.17, 15) is 8.42 Å². The Morgan fingerprint density at radius 3 is 2.42 bits per heavy atom. The summed E-state index contributed by atoms with van der Waals surface area (Å²) >= 11 is 1.17. The zero-order valence-electron chi connectivity index (χ0n) is 20.4. The van der Waals surface area contributed by atoms with Gasteiger partial charge in [0.15, 0.2) is 15.7 Å². The molecule has 4 heterocycles. The Morgan fingerprint density at radius 2 is 1.83 bits per heavy atom. The number of anilines is 1. The molecule has 3 aromatic heterocycles. The van der Waals surface area contributed by atoms with Gasteiger partial charge in [-0.3, -0.25) is 0 Å². The van der Waals surface area contributed by atoms with Gasteiger partial charge < -0.3 is 14.2 Å². The number of aromatic nitrogens is 5. The fraction of sp³-hybridized carbons (Fsp3) is 0.478. The van der Waals surface area contributed by atoms with Crippen LogP contribution in [0.1, 0.15) is 45.4 Å². The number of hydrogen-bond acceptors (Lipinski definition) is 10. The summed E-state index contributed by atoms with van der Waals surface area (Å²) in [6, 6.07) is 6.51. The molecule has 36 heavy (non-hydrogen) atoms. The Bertz CT molecular complexity index is 1470. The van der Waals surface area contributed by atoms with Gasteiger partial charge in [-0.25, -0.2) is 13.4 Å². The van der Waals surface area contributed by atoms with Crippen LogP contribution in [0.25, 0.3) is 16.2 Å². The third-order valence-corrected chi connectivity index (χ3v) is 8.32. The fourth-order valence-electron chi connectivity index (χ4n) is 4.20. The quantitative estimate of drug-likeness (QED) is 0.344. The average Bonchev–Trinajstić information content (AvgIpc) is 3.55. The first-order chi connectivity index (χ1) is 17.1. The molecule has 0 spiro atoms. The van der Waals surface area contributed by atoms with Crippen molar-refractivity contribution in [2.24, 2.45) is 5.92 Å². The molecule has 13 heteroatoms. The molecule has 1 aromatic carbocycles. The zero-order chi connectivity index (χ0) is 25.6. The van der Waals surface area contributed by atoms with Crippen LogP contribution in [-0.4, -0.2) is 58.6 Å². The second-order valence-electron chi connectivity index (χ2n) is 9.35. The maximum absolute atomic E-state index is 15.1. The molecule has 0 radical (unpaired) electrons. The number of halogens is 1.